The molecule has 0 atom stereocenters. The fourth-order valence-electron chi connectivity index (χ4n) is 1.25. The fourth-order valence-corrected chi connectivity index (χ4v) is 1.58. The van der Waals surface area contributed by atoms with Gasteiger partial charge in [-0.25, -0.2) is 4.79 Å². The number of amides is 2. The monoisotopic (exact) mass is 318 g/mol. The maximum Gasteiger partial charge on any atom is 0.314 e. The molecule has 1 aromatic rings. The summed E-state index contributed by atoms with van der Waals surface area (Å²) in [6.45, 7) is 1.39. The summed E-state index contributed by atoms with van der Waals surface area (Å²) in [6.07, 6.45) is 3.97. The molecule has 1 aromatic heterocycles. The minimum Gasteiger partial charge on any atom is -0.481 e. The summed E-state index contributed by atoms with van der Waals surface area (Å²) in [5.41, 5.74) is 0. The zero-order valence-corrected chi connectivity index (χ0v) is 11.3. The Bertz CT molecular complexity index is 408. The van der Waals surface area contributed by atoms with E-state index in [1.54, 1.807) is 10.9 Å². The van der Waals surface area contributed by atoms with Crippen LogP contribution in [0, 0.1) is 0 Å². The summed E-state index contributed by atoms with van der Waals surface area (Å²) in [7, 11) is 0. The lowest BCUT2D eigenvalue weighted by Crippen LogP contribution is -2.37. The number of carboxylic acid groups (broad SMARTS) is 1. The van der Waals surface area contributed by atoms with Crippen LogP contribution in [0.15, 0.2) is 16.9 Å². The molecule has 0 saturated heterocycles. The zero-order chi connectivity index (χ0) is 13.4. The molecular formula is C10H15BrN4O3. The van der Waals surface area contributed by atoms with Crippen LogP contribution in [0.3, 0.4) is 0 Å². The molecule has 0 saturated carbocycles. The molecule has 0 spiro atoms. The summed E-state index contributed by atoms with van der Waals surface area (Å²) in [6, 6.07) is -0.299. The van der Waals surface area contributed by atoms with Gasteiger partial charge in [0.1, 0.15) is 0 Å². The molecule has 7 nitrogen and oxygen atoms in total. The first-order valence-corrected chi connectivity index (χ1v) is 6.28. The van der Waals surface area contributed by atoms with Crippen LogP contribution in [0.25, 0.3) is 0 Å². The van der Waals surface area contributed by atoms with Crippen LogP contribution in [0.2, 0.25) is 0 Å². The standard InChI is InChI=1S/C10H15BrN4O3/c11-8-6-14-15(7-8)5-4-13-10(18)12-3-1-2-9(16)17/h6-7H,1-5H2,(H,16,17)(H2,12,13,18). The number of aromatic nitrogens is 2. The lowest BCUT2D eigenvalue weighted by atomic mass is 10.3. The van der Waals surface area contributed by atoms with Gasteiger partial charge in [-0.2, -0.15) is 5.10 Å². The Morgan fingerprint density at radius 1 is 1.39 bits per heavy atom. The number of urea groups is 1. The molecule has 0 unspecified atom stereocenters. The second-order valence-electron chi connectivity index (χ2n) is 3.60. The van der Waals surface area contributed by atoms with Crippen molar-refractivity contribution in [1.82, 2.24) is 20.4 Å². The number of nitrogens with one attached hydrogen (secondary N) is 2. The molecule has 0 radical (unpaired) electrons. The maximum absolute atomic E-state index is 11.3. The Hall–Kier alpha value is -1.57. The number of carbonyl (C=O) groups excluding carboxylic acids is 1. The highest BCUT2D eigenvalue weighted by Gasteiger charge is 2.01. The average Bonchev–Trinajstić information content (AvgIpc) is 2.70. The first-order valence-electron chi connectivity index (χ1n) is 5.49. The van der Waals surface area contributed by atoms with Crippen LogP contribution in [0.4, 0.5) is 4.79 Å². The molecule has 0 aliphatic heterocycles. The van der Waals surface area contributed by atoms with Crippen molar-refractivity contribution in [2.75, 3.05) is 13.1 Å². The van der Waals surface area contributed by atoms with Crippen LogP contribution in [0.1, 0.15) is 12.8 Å². The number of nitrogens with zero attached hydrogens (tertiary/aromatic N) is 2. The molecule has 2 amide bonds. The van der Waals surface area contributed by atoms with E-state index in [-0.39, 0.29) is 12.5 Å². The number of aliphatic carboxylic acids is 1. The van der Waals surface area contributed by atoms with E-state index < -0.39 is 5.97 Å². The molecule has 100 valence electrons. The quantitative estimate of drug-likeness (QED) is 0.648. The van der Waals surface area contributed by atoms with Gasteiger partial charge in [0, 0.05) is 25.7 Å². The summed E-state index contributed by atoms with van der Waals surface area (Å²) >= 11 is 3.28. The molecule has 1 heterocycles. The summed E-state index contributed by atoms with van der Waals surface area (Å²) in [4.78, 5) is 21.5. The van der Waals surface area contributed by atoms with Crippen LogP contribution in [0.5, 0.6) is 0 Å². The van der Waals surface area contributed by atoms with Gasteiger partial charge in [0.25, 0.3) is 0 Å². The van der Waals surface area contributed by atoms with Crippen molar-refractivity contribution in [3.05, 3.63) is 16.9 Å². The number of hydrogen-bond donors (Lipinski definition) is 3. The Balaban J connectivity index is 2.05. The van der Waals surface area contributed by atoms with E-state index in [2.05, 4.69) is 31.7 Å². The Morgan fingerprint density at radius 3 is 2.72 bits per heavy atom. The molecule has 0 aromatic carbocycles. The average molecular weight is 319 g/mol. The number of carbonyl (C=O) groups is 2. The van der Waals surface area contributed by atoms with Crippen molar-refractivity contribution in [3.63, 3.8) is 0 Å². The van der Waals surface area contributed by atoms with Gasteiger partial charge in [0.15, 0.2) is 0 Å². The van der Waals surface area contributed by atoms with Crippen molar-refractivity contribution in [3.8, 4) is 0 Å². The van der Waals surface area contributed by atoms with Gasteiger partial charge in [-0.05, 0) is 22.4 Å². The third-order valence-electron chi connectivity index (χ3n) is 2.08. The zero-order valence-electron chi connectivity index (χ0n) is 9.73. The number of halogens is 1. The Kier molecular flexibility index (Phi) is 6.20. The van der Waals surface area contributed by atoms with Crippen molar-refractivity contribution < 1.29 is 14.7 Å². The van der Waals surface area contributed by atoms with Crippen LogP contribution in [-0.2, 0) is 11.3 Å². The largest absolute Gasteiger partial charge is 0.481 e. The van der Waals surface area contributed by atoms with Gasteiger partial charge in [0.05, 0.1) is 17.2 Å². The summed E-state index contributed by atoms with van der Waals surface area (Å²) in [5.74, 6) is -0.860. The highest BCUT2D eigenvalue weighted by molar-refractivity contribution is 9.10. The molecule has 1 rings (SSSR count). The van der Waals surface area contributed by atoms with E-state index in [4.69, 9.17) is 5.11 Å². The lowest BCUT2D eigenvalue weighted by molar-refractivity contribution is -0.137. The van der Waals surface area contributed by atoms with Gasteiger partial charge < -0.3 is 15.7 Å². The van der Waals surface area contributed by atoms with Crippen molar-refractivity contribution in [2.24, 2.45) is 0 Å². The Labute approximate surface area is 113 Å². The van der Waals surface area contributed by atoms with Gasteiger partial charge >= 0.3 is 12.0 Å². The smallest absolute Gasteiger partial charge is 0.314 e. The SMILES string of the molecule is O=C(O)CCCNC(=O)NCCn1cc(Br)cn1. The van der Waals surface area contributed by atoms with E-state index >= 15 is 0 Å². The highest BCUT2D eigenvalue weighted by Crippen LogP contribution is 2.05. The van der Waals surface area contributed by atoms with Crippen LogP contribution in [-0.4, -0.2) is 40.0 Å². The van der Waals surface area contributed by atoms with Crippen molar-refractivity contribution in [2.45, 2.75) is 19.4 Å². The highest BCUT2D eigenvalue weighted by atomic mass is 79.9. The molecule has 0 bridgehead atoms. The molecular weight excluding hydrogens is 304 g/mol. The van der Waals surface area contributed by atoms with E-state index in [0.29, 0.717) is 26.1 Å². The van der Waals surface area contributed by atoms with Crippen LogP contribution < -0.4 is 10.6 Å². The predicted molar refractivity (Wildman–Crippen MR) is 68.2 cm³/mol. The van der Waals surface area contributed by atoms with E-state index in [1.165, 1.54) is 0 Å². The molecule has 0 fully saturated rings. The molecule has 18 heavy (non-hydrogen) atoms. The van der Waals surface area contributed by atoms with Gasteiger partial charge in [-0.15, -0.1) is 0 Å². The summed E-state index contributed by atoms with van der Waals surface area (Å²) in [5, 5.41) is 17.7. The van der Waals surface area contributed by atoms with Gasteiger partial charge in [-0.1, -0.05) is 0 Å². The topological polar surface area (TPSA) is 96.3 Å². The van der Waals surface area contributed by atoms with Gasteiger partial charge in [0.2, 0.25) is 0 Å². The minimum absolute atomic E-state index is 0.0571. The normalized spacial score (nSPS) is 10.1. The fraction of sp³-hybridized carbons (Fsp3) is 0.500. The minimum atomic E-state index is -0.860. The van der Waals surface area contributed by atoms with Crippen molar-refractivity contribution >= 4 is 27.9 Å². The third kappa shape index (κ3) is 6.24. The van der Waals surface area contributed by atoms with E-state index in [0.717, 1.165) is 4.47 Å². The van der Waals surface area contributed by atoms with Gasteiger partial charge in [-0.3, -0.25) is 9.48 Å². The van der Waals surface area contributed by atoms with E-state index in [9.17, 15) is 9.59 Å². The number of carboxylic acids is 1. The molecule has 8 heteroatoms. The first kappa shape index (κ1) is 14.5. The van der Waals surface area contributed by atoms with E-state index in [1.807, 2.05) is 6.20 Å². The number of rotatable bonds is 7. The van der Waals surface area contributed by atoms with Crippen molar-refractivity contribution in [1.29, 1.82) is 0 Å². The lowest BCUT2D eigenvalue weighted by Gasteiger charge is -2.06. The molecule has 0 aliphatic rings. The number of hydrogen-bond acceptors (Lipinski definition) is 3. The summed E-state index contributed by atoms with van der Waals surface area (Å²) < 4.78 is 2.59. The van der Waals surface area contributed by atoms with Crippen LogP contribution >= 0.6 is 15.9 Å². The second kappa shape index (κ2) is 7.70. The second-order valence-corrected chi connectivity index (χ2v) is 4.52. The molecule has 0 aliphatic carbocycles. The molecule has 3 N–H and O–H groups in total. The predicted octanol–water partition coefficient (Wildman–Crippen LogP) is 0.810. The third-order valence-corrected chi connectivity index (χ3v) is 2.49. The maximum atomic E-state index is 11.3. The first-order chi connectivity index (χ1) is 8.58. The Morgan fingerprint density at radius 2 is 2.11 bits per heavy atom.